The lowest BCUT2D eigenvalue weighted by Crippen LogP contribution is -2.27. The average Bonchev–Trinajstić information content (AvgIpc) is 2.82. The van der Waals surface area contributed by atoms with Gasteiger partial charge in [-0.25, -0.2) is 0 Å². The second-order valence-electron chi connectivity index (χ2n) is 4.39. The van der Waals surface area contributed by atoms with E-state index in [1.807, 2.05) is 24.3 Å². The second-order valence-corrected chi connectivity index (χ2v) is 4.39. The Labute approximate surface area is 112 Å². The van der Waals surface area contributed by atoms with E-state index < -0.39 is 6.29 Å². The summed E-state index contributed by atoms with van der Waals surface area (Å²) in [5, 5.41) is 0. The fraction of sp³-hybridized carbons (Fsp3) is 0.500. The summed E-state index contributed by atoms with van der Waals surface area (Å²) in [6.07, 6.45) is -0.552. The Hall–Kier alpha value is -1.59. The highest BCUT2D eigenvalue weighted by molar-refractivity contribution is 5.72. The molecule has 1 fully saturated rings. The van der Waals surface area contributed by atoms with Gasteiger partial charge in [0.15, 0.2) is 6.29 Å². The lowest BCUT2D eigenvalue weighted by atomic mass is 9.94. The highest BCUT2D eigenvalue weighted by atomic mass is 16.7. The van der Waals surface area contributed by atoms with Crippen LogP contribution in [0.5, 0.6) is 5.75 Å². The number of carbonyl (C=O) groups excluding carboxylic acids is 1. The molecule has 0 amide bonds. The Bertz CT molecular complexity index is 441. The van der Waals surface area contributed by atoms with Gasteiger partial charge in [0.2, 0.25) is 0 Å². The summed E-state index contributed by atoms with van der Waals surface area (Å²) in [6, 6.07) is 7.48. The molecular formula is C14H18O5. The van der Waals surface area contributed by atoms with Crippen molar-refractivity contribution in [2.45, 2.75) is 18.8 Å². The molecule has 1 heterocycles. The van der Waals surface area contributed by atoms with Crippen LogP contribution in [0.3, 0.4) is 0 Å². The van der Waals surface area contributed by atoms with E-state index in [4.69, 9.17) is 18.9 Å². The maximum Gasteiger partial charge on any atom is 0.307 e. The van der Waals surface area contributed by atoms with Crippen LogP contribution in [0.4, 0.5) is 0 Å². The van der Waals surface area contributed by atoms with E-state index in [0.717, 1.165) is 11.3 Å². The Morgan fingerprint density at radius 3 is 2.63 bits per heavy atom. The average molecular weight is 266 g/mol. The van der Waals surface area contributed by atoms with Gasteiger partial charge in [-0.3, -0.25) is 4.79 Å². The SMILES string of the molecule is COc1cccc([C@H]2OC(=O)C[C@H]2C(OC)OC)c1. The zero-order valence-electron chi connectivity index (χ0n) is 11.3. The van der Waals surface area contributed by atoms with Crippen LogP contribution in [-0.4, -0.2) is 33.6 Å². The van der Waals surface area contributed by atoms with Gasteiger partial charge in [0.25, 0.3) is 0 Å². The largest absolute Gasteiger partial charge is 0.497 e. The zero-order valence-corrected chi connectivity index (χ0v) is 11.3. The molecule has 2 atom stereocenters. The van der Waals surface area contributed by atoms with Crippen molar-refractivity contribution in [3.05, 3.63) is 29.8 Å². The minimum Gasteiger partial charge on any atom is -0.497 e. The molecule has 1 aliphatic rings. The van der Waals surface area contributed by atoms with Crippen LogP contribution in [0.25, 0.3) is 0 Å². The first kappa shape index (κ1) is 13.8. The predicted molar refractivity (Wildman–Crippen MR) is 67.7 cm³/mol. The molecular weight excluding hydrogens is 248 g/mol. The van der Waals surface area contributed by atoms with Gasteiger partial charge < -0.3 is 18.9 Å². The number of ether oxygens (including phenoxy) is 4. The molecule has 0 N–H and O–H groups in total. The maximum atomic E-state index is 11.6. The molecule has 1 aromatic rings. The normalized spacial score (nSPS) is 22.6. The van der Waals surface area contributed by atoms with Crippen molar-refractivity contribution in [2.24, 2.45) is 5.92 Å². The van der Waals surface area contributed by atoms with Gasteiger partial charge in [-0.1, -0.05) is 12.1 Å². The predicted octanol–water partition coefficient (Wildman–Crippen LogP) is 1.92. The summed E-state index contributed by atoms with van der Waals surface area (Å²) in [5.74, 6) is 0.331. The van der Waals surface area contributed by atoms with Gasteiger partial charge in [-0.15, -0.1) is 0 Å². The molecule has 5 heteroatoms. The lowest BCUT2D eigenvalue weighted by Gasteiger charge is -2.24. The Balaban J connectivity index is 2.27. The first-order valence-corrected chi connectivity index (χ1v) is 6.08. The van der Waals surface area contributed by atoms with Crippen LogP contribution in [-0.2, 0) is 19.0 Å². The van der Waals surface area contributed by atoms with Gasteiger partial charge in [0.05, 0.1) is 19.4 Å². The highest BCUT2D eigenvalue weighted by Crippen LogP contribution is 2.39. The molecule has 2 rings (SSSR count). The third-order valence-electron chi connectivity index (χ3n) is 3.29. The second kappa shape index (κ2) is 6.04. The highest BCUT2D eigenvalue weighted by Gasteiger charge is 2.41. The number of esters is 1. The van der Waals surface area contributed by atoms with Crippen LogP contribution in [0.1, 0.15) is 18.1 Å². The van der Waals surface area contributed by atoms with Crippen LogP contribution in [0, 0.1) is 5.92 Å². The monoisotopic (exact) mass is 266 g/mol. The summed E-state index contributed by atoms with van der Waals surface area (Å²) < 4.78 is 21.1. The number of methoxy groups -OCH3 is 3. The van der Waals surface area contributed by atoms with Crippen LogP contribution in [0.15, 0.2) is 24.3 Å². The maximum absolute atomic E-state index is 11.6. The quantitative estimate of drug-likeness (QED) is 0.602. The van der Waals surface area contributed by atoms with Crippen LogP contribution in [0.2, 0.25) is 0 Å². The van der Waals surface area contributed by atoms with Crippen molar-refractivity contribution >= 4 is 5.97 Å². The number of benzene rings is 1. The minimum absolute atomic E-state index is 0.158. The van der Waals surface area contributed by atoms with E-state index in [9.17, 15) is 4.79 Å². The molecule has 0 aliphatic carbocycles. The van der Waals surface area contributed by atoms with E-state index in [1.165, 1.54) is 0 Å². The van der Waals surface area contributed by atoms with Crippen molar-refractivity contribution in [3.8, 4) is 5.75 Å². The van der Waals surface area contributed by atoms with Crippen molar-refractivity contribution in [1.82, 2.24) is 0 Å². The van der Waals surface area contributed by atoms with Crippen molar-refractivity contribution < 1.29 is 23.7 Å². The number of hydrogen-bond donors (Lipinski definition) is 0. The molecule has 1 aromatic carbocycles. The van der Waals surface area contributed by atoms with Crippen molar-refractivity contribution in [2.75, 3.05) is 21.3 Å². The van der Waals surface area contributed by atoms with Gasteiger partial charge >= 0.3 is 5.97 Å². The first-order valence-electron chi connectivity index (χ1n) is 6.08. The van der Waals surface area contributed by atoms with E-state index in [2.05, 4.69) is 0 Å². The summed E-state index contributed by atoms with van der Waals surface area (Å²) in [5.41, 5.74) is 0.884. The molecule has 5 nitrogen and oxygen atoms in total. The molecule has 1 aliphatic heterocycles. The number of carbonyl (C=O) groups is 1. The molecule has 104 valence electrons. The third-order valence-corrected chi connectivity index (χ3v) is 3.29. The summed E-state index contributed by atoms with van der Waals surface area (Å²) in [7, 11) is 4.71. The zero-order chi connectivity index (χ0) is 13.8. The smallest absolute Gasteiger partial charge is 0.307 e. The topological polar surface area (TPSA) is 54.0 Å². The molecule has 0 spiro atoms. The van der Waals surface area contributed by atoms with Crippen LogP contribution >= 0.6 is 0 Å². The number of rotatable bonds is 5. The first-order chi connectivity index (χ1) is 9.19. The van der Waals surface area contributed by atoms with E-state index in [1.54, 1.807) is 21.3 Å². The summed E-state index contributed by atoms with van der Waals surface area (Å²) in [6.45, 7) is 0. The Kier molecular flexibility index (Phi) is 4.39. The van der Waals surface area contributed by atoms with Gasteiger partial charge in [0, 0.05) is 14.2 Å². The molecule has 1 saturated heterocycles. The Morgan fingerprint density at radius 2 is 2.00 bits per heavy atom. The summed E-state index contributed by atoms with van der Waals surface area (Å²) in [4.78, 5) is 11.6. The lowest BCUT2D eigenvalue weighted by molar-refractivity contribution is -0.152. The fourth-order valence-electron chi connectivity index (χ4n) is 2.40. The number of cyclic esters (lactones) is 1. The Morgan fingerprint density at radius 1 is 1.26 bits per heavy atom. The molecule has 0 saturated carbocycles. The fourth-order valence-corrected chi connectivity index (χ4v) is 2.40. The van der Waals surface area contributed by atoms with Gasteiger partial charge in [-0.2, -0.15) is 0 Å². The minimum atomic E-state index is -0.470. The number of hydrogen-bond acceptors (Lipinski definition) is 5. The standard InChI is InChI=1S/C14H18O5/c1-16-10-6-4-5-9(7-10)13-11(8-12(15)19-13)14(17-2)18-3/h4-7,11,13-14H,8H2,1-3H3/t11-,13-/m1/s1. The van der Waals surface area contributed by atoms with Crippen molar-refractivity contribution in [1.29, 1.82) is 0 Å². The van der Waals surface area contributed by atoms with Gasteiger partial charge in [-0.05, 0) is 17.7 Å². The van der Waals surface area contributed by atoms with Crippen LogP contribution < -0.4 is 4.74 Å². The molecule has 0 bridgehead atoms. The molecule has 19 heavy (non-hydrogen) atoms. The van der Waals surface area contributed by atoms with E-state index >= 15 is 0 Å². The molecule has 0 radical (unpaired) electrons. The van der Waals surface area contributed by atoms with Gasteiger partial charge in [0.1, 0.15) is 11.9 Å². The third kappa shape index (κ3) is 2.88. The molecule has 0 aromatic heterocycles. The van der Waals surface area contributed by atoms with Crippen molar-refractivity contribution in [3.63, 3.8) is 0 Å². The van der Waals surface area contributed by atoms with E-state index in [0.29, 0.717) is 0 Å². The molecule has 0 unspecified atom stereocenters. The summed E-state index contributed by atoms with van der Waals surface area (Å²) >= 11 is 0. The van der Waals surface area contributed by atoms with E-state index in [-0.39, 0.29) is 24.4 Å².